The average molecular weight is 681 g/mol. The molecule has 2 aliphatic carbocycles. The van der Waals surface area contributed by atoms with Gasteiger partial charge in [0, 0.05) is 35.7 Å². The van der Waals surface area contributed by atoms with E-state index in [1.54, 1.807) is 11.1 Å². The van der Waals surface area contributed by atoms with Gasteiger partial charge in [0.15, 0.2) is 11.5 Å². The molecule has 0 unspecified atom stereocenters. The Labute approximate surface area is 281 Å². The van der Waals surface area contributed by atoms with Crippen molar-refractivity contribution in [2.75, 3.05) is 19.8 Å². The molecule has 0 bridgehead atoms. The summed E-state index contributed by atoms with van der Waals surface area (Å²) >= 11 is 0. The number of rotatable bonds is 6. The van der Waals surface area contributed by atoms with Gasteiger partial charge in [0.05, 0.1) is 11.8 Å². The maximum atomic E-state index is 14.2. The average Bonchev–Trinajstić information content (AvgIpc) is 3.99. The number of amides is 3. The van der Waals surface area contributed by atoms with Crippen molar-refractivity contribution in [2.24, 2.45) is 17.8 Å². The van der Waals surface area contributed by atoms with Crippen LogP contribution in [-0.2, 0) is 24.4 Å². The lowest BCUT2D eigenvalue weighted by Crippen LogP contribution is -2.56. The highest BCUT2D eigenvalue weighted by atomic mass is 32.2. The molecule has 2 saturated carbocycles. The molecule has 3 amide bonds. The number of carbonyl (C=O) groups is 3. The fourth-order valence-corrected chi connectivity index (χ4v) is 8.81. The fraction of sp³-hybridized carbons (Fsp3) is 0.600. The first-order chi connectivity index (χ1) is 23.1. The number of sulfonamides is 1. The smallest absolute Gasteiger partial charge is 0.259 e. The third kappa shape index (κ3) is 6.45. The van der Waals surface area contributed by atoms with Gasteiger partial charge in [0.2, 0.25) is 27.7 Å². The molecule has 0 spiro atoms. The van der Waals surface area contributed by atoms with Crippen LogP contribution >= 0.6 is 0 Å². The zero-order chi connectivity index (χ0) is 33.6. The van der Waals surface area contributed by atoms with Crippen LogP contribution in [-0.4, -0.2) is 78.7 Å². The van der Waals surface area contributed by atoms with Crippen LogP contribution in [0.5, 0.6) is 17.4 Å². The summed E-state index contributed by atoms with van der Waals surface area (Å²) in [6.07, 6.45) is 10.3. The van der Waals surface area contributed by atoms with Crippen molar-refractivity contribution in [3.8, 4) is 17.4 Å². The maximum absolute atomic E-state index is 14.2. The van der Waals surface area contributed by atoms with Crippen LogP contribution in [0.4, 0.5) is 0 Å². The first-order valence-corrected chi connectivity index (χ1v) is 18.8. The van der Waals surface area contributed by atoms with Crippen molar-refractivity contribution < 1.29 is 37.0 Å². The number of aromatic nitrogens is 1. The van der Waals surface area contributed by atoms with E-state index in [0.717, 1.165) is 36.5 Å². The Balaban J connectivity index is 1.17. The Hall–Kier alpha value is -3.87. The minimum atomic E-state index is -3.82. The van der Waals surface area contributed by atoms with Gasteiger partial charge in [-0.05, 0) is 68.6 Å². The second-order valence-electron chi connectivity index (χ2n) is 14.1. The highest BCUT2D eigenvalue weighted by Crippen LogP contribution is 2.46. The third-order valence-corrected chi connectivity index (χ3v) is 12.3. The highest BCUT2D eigenvalue weighted by Gasteiger charge is 2.62. The zero-order valence-electron chi connectivity index (χ0n) is 27.5. The predicted molar refractivity (Wildman–Crippen MR) is 177 cm³/mol. The standard InChI is InChI=1S/C35H44N4O8S/c1-3-22-16-21(2)6-4-5-7-23-19-35(23,34(42)38-48(43,44)25-8-9-25)37-32(41)28-18-24(20-39(28)30(40)17-22)47-33-27-10-11-29-31(46-15-14-45-29)26(27)12-13-36-33/h5,7,10-13,21-25,28H,3-4,6,8-9,14-20H2,1-2H3,(H,37,41)(H,38,42)/b7-5-/t21-,22+,23+,24+,28-,35+/m0/s1. The number of benzene rings is 1. The van der Waals surface area contributed by atoms with Crippen LogP contribution in [0.15, 0.2) is 36.5 Å². The Morgan fingerprint density at radius 2 is 1.94 bits per heavy atom. The normalized spacial score (nSPS) is 31.5. The molecule has 258 valence electrons. The van der Waals surface area contributed by atoms with Crippen molar-refractivity contribution in [3.63, 3.8) is 0 Å². The molecule has 1 aromatic carbocycles. The van der Waals surface area contributed by atoms with Gasteiger partial charge < -0.3 is 24.4 Å². The van der Waals surface area contributed by atoms with Crippen LogP contribution < -0.4 is 24.2 Å². The van der Waals surface area contributed by atoms with Gasteiger partial charge in [-0.25, -0.2) is 13.4 Å². The van der Waals surface area contributed by atoms with Gasteiger partial charge in [-0.2, -0.15) is 0 Å². The van der Waals surface area contributed by atoms with Crippen LogP contribution in [0, 0.1) is 17.8 Å². The molecule has 3 fully saturated rings. The summed E-state index contributed by atoms with van der Waals surface area (Å²) in [4.78, 5) is 47.8. The minimum absolute atomic E-state index is 0.138. The number of carbonyl (C=O) groups excluding carboxylic acids is 3. The largest absolute Gasteiger partial charge is 0.486 e. The number of nitrogens with one attached hydrogen (secondary N) is 2. The minimum Gasteiger partial charge on any atom is -0.486 e. The van der Waals surface area contributed by atoms with Crippen LogP contribution in [0.3, 0.4) is 0 Å². The lowest BCUT2D eigenvalue weighted by Gasteiger charge is -2.28. The van der Waals surface area contributed by atoms with Crippen molar-refractivity contribution in [2.45, 2.75) is 94.6 Å². The van der Waals surface area contributed by atoms with Crippen molar-refractivity contribution >= 4 is 38.5 Å². The summed E-state index contributed by atoms with van der Waals surface area (Å²) in [6, 6.07) is 4.62. The molecule has 2 N–H and O–H groups in total. The van der Waals surface area contributed by atoms with Crippen molar-refractivity contribution in [1.82, 2.24) is 19.9 Å². The summed E-state index contributed by atoms with van der Waals surface area (Å²) in [6.45, 7) is 5.35. The lowest BCUT2D eigenvalue weighted by atomic mass is 9.88. The van der Waals surface area contributed by atoms with E-state index in [1.165, 1.54) is 0 Å². The summed E-state index contributed by atoms with van der Waals surface area (Å²) in [5, 5.41) is 3.87. The molecule has 7 rings (SSSR count). The Morgan fingerprint density at radius 1 is 1.12 bits per heavy atom. The van der Waals surface area contributed by atoms with E-state index in [9.17, 15) is 22.8 Å². The number of fused-ring (bicyclic) bond motifs is 5. The second kappa shape index (κ2) is 12.9. The van der Waals surface area contributed by atoms with Gasteiger partial charge in [-0.1, -0.05) is 32.4 Å². The van der Waals surface area contributed by atoms with Gasteiger partial charge in [0.25, 0.3) is 5.91 Å². The predicted octanol–water partition coefficient (Wildman–Crippen LogP) is 3.63. The van der Waals surface area contributed by atoms with E-state index < -0.39 is 44.8 Å². The zero-order valence-corrected chi connectivity index (χ0v) is 28.3. The van der Waals surface area contributed by atoms with Crippen LogP contribution in [0.2, 0.25) is 0 Å². The number of pyridine rings is 1. The highest BCUT2D eigenvalue weighted by molar-refractivity contribution is 7.91. The molecule has 0 radical (unpaired) electrons. The molecular formula is C35H44N4O8S. The fourth-order valence-electron chi connectivity index (χ4n) is 7.45. The first-order valence-electron chi connectivity index (χ1n) is 17.3. The Morgan fingerprint density at radius 3 is 2.73 bits per heavy atom. The molecule has 5 aliphatic rings. The summed E-state index contributed by atoms with van der Waals surface area (Å²) in [5.74, 6) is 0.475. The third-order valence-electron chi connectivity index (χ3n) is 10.5. The molecule has 2 aromatic rings. The number of allylic oxidation sites excluding steroid dienone is 1. The summed E-state index contributed by atoms with van der Waals surface area (Å²) in [5.41, 5.74) is -1.40. The van der Waals surface area contributed by atoms with E-state index in [0.29, 0.717) is 55.8 Å². The number of hydrogen-bond donors (Lipinski definition) is 2. The quantitative estimate of drug-likeness (QED) is 0.436. The van der Waals surface area contributed by atoms with Crippen LogP contribution in [0.25, 0.3) is 10.8 Å². The van der Waals surface area contributed by atoms with Gasteiger partial charge in [-0.15, -0.1) is 0 Å². The molecule has 4 heterocycles. The van der Waals surface area contributed by atoms with E-state index in [-0.39, 0.29) is 37.1 Å². The van der Waals surface area contributed by atoms with E-state index in [4.69, 9.17) is 14.2 Å². The number of ether oxygens (including phenoxy) is 3. The van der Waals surface area contributed by atoms with Crippen molar-refractivity contribution in [3.05, 3.63) is 36.5 Å². The van der Waals surface area contributed by atoms with Gasteiger partial charge >= 0.3 is 0 Å². The van der Waals surface area contributed by atoms with Gasteiger partial charge in [-0.3, -0.25) is 19.1 Å². The molecule has 1 aromatic heterocycles. The number of hydrogen-bond acceptors (Lipinski definition) is 9. The molecule has 48 heavy (non-hydrogen) atoms. The first kappa shape index (κ1) is 32.7. The summed E-state index contributed by atoms with van der Waals surface area (Å²) < 4.78 is 45.8. The lowest BCUT2D eigenvalue weighted by molar-refractivity contribution is -0.140. The summed E-state index contributed by atoms with van der Waals surface area (Å²) in [7, 11) is -3.82. The molecule has 13 heteroatoms. The van der Waals surface area contributed by atoms with E-state index in [1.807, 2.05) is 30.4 Å². The van der Waals surface area contributed by atoms with Gasteiger partial charge in [0.1, 0.15) is 30.9 Å². The molecular weight excluding hydrogens is 636 g/mol. The molecule has 12 nitrogen and oxygen atoms in total. The van der Waals surface area contributed by atoms with Crippen LogP contribution in [0.1, 0.15) is 71.6 Å². The molecule has 1 saturated heterocycles. The number of nitrogens with zero attached hydrogens (tertiary/aromatic N) is 2. The SMILES string of the molecule is CC[C@H]1CC(=O)N2C[C@H](Oc3nccc4c5c(ccc34)OCCO5)C[C@H]2C(=O)N[C@]2(C(=O)NS(=O)(=O)C3CC3)C[C@H]2/C=C\CC[C@H](C)C1. The van der Waals surface area contributed by atoms with Crippen molar-refractivity contribution in [1.29, 1.82) is 0 Å². The topological polar surface area (TPSA) is 153 Å². The van der Waals surface area contributed by atoms with E-state index in [2.05, 4.69) is 28.9 Å². The Kier molecular flexibility index (Phi) is 8.76. The monoisotopic (exact) mass is 680 g/mol. The Bertz CT molecular complexity index is 1740. The molecule has 6 atom stereocenters. The second-order valence-corrected chi connectivity index (χ2v) is 16.1. The van der Waals surface area contributed by atoms with E-state index >= 15 is 0 Å². The maximum Gasteiger partial charge on any atom is 0.259 e. The molecule has 3 aliphatic heterocycles.